The van der Waals surface area contributed by atoms with E-state index >= 15 is 0 Å². The van der Waals surface area contributed by atoms with Crippen LogP contribution in [0.25, 0.3) is 0 Å². The molecule has 20 heavy (non-hydrogen) atoms. The van der Waals surface area contributed by atoms with Crippen LogP contribution in [0.3, 0.4) is 0 Å². The van der Waals surface area contributed by atoms with Gasteiger partial charge in [0.1, 0.15) is 11.6 Å². The minimum absolute atomic E-state index is 0.0166. The van der Waals surface area contributed by atoms with Crippen LogP contribution >= 0.6 is 15.9 Å². The van der Waals surface area contributed by atoms with Crippen LogP contribution in [0.4, 0.5) is 20.2 Å². The number of amides is 1. The number of para-hydroxylation sites is 1. The summed E-state index contributed by atoms with van der Waals surface area (Å²) in [5.74, 6) is 3.27. The first-order valence-electron chi connectivity index (χ1n) is 5.54. The zero-order chi connectivity index (χ0) is 14.7. The third-order valence-corrected chi connectivity index (χ3v) is 3.19. The second-order valence-electron chi connectivity index (χ2n) is 3.89. The van der Waals surface area contributed by atoms with Gasteiger partial charge in [0, 0.05) is 6.07 Å². The highest BCUT2D eigenvalue weighted by Gasteiger charge is 2.14. The van der Waals surface area contributed by atoms with Crippen LogP contribution in [0.15, 0.2) is 40.9 Å². The van der Waals surface area contributed by atoms with Crippen LogP contribution in [0.5, 0.6) is 0 Å². The molecule has 0 radical (unpaired) electrons. The van der Waals surface area contributed by atoms with E-state index in [0.29, 0.717) is 5.69 Å². The van der Waals surface area contributed by atoms with E-state index in [9.17, 15) is 13.6 Å². The van der Waals surface area contributed by atoms with Gasteiger partial charge in [-0.3, -0.25) is 10.6 Å². The predicted octanol–water partition coefficient (Wildman–Crippen LogP) is 3.27. The molecule has 0 bridgehead atoms. The summed E-state index contributed by atoms with van der Waals surface area (Å²) in [5, 5.41) is 2.30. The number of rotatable bonds is 3. The molecule has 0 heterocycles. The summed E-state index contributed by atoms with van der Waals surface area (Å²) in [6, 6.07) is 8.26. The van der Waals surface area contributed by atoms with Gasteiger partial charge in [-0.25, -0.2) is 8.78 Å². The van der Waals surface area contributed by atoms with Crippen LogP contribution in [0, 0.1) is 11.6 Å². The minimum atomic E-state index is -0.746. The summed E-state index contributed by atoms with van der Waals surface area (Å²) in [6.45, 7) is 0. The van der Waals surface area contributed by atoms with Crippen molar-refractivity contribution in [3.05, 3.63) is 58.1 Å². The van der Waals surface area contributed by atoms with Gasteiger partial charge in [0.2, 0.25) is 0 Å². The van der Waals surface area contributed by atoms with Gasteiger partial charge in [-0.2, -0.15) is 0 Å². The Morgan fingerprint density at radius 2 is 1.80 bits per heavy atom. The number of hydrazine groups is 1. The Balaban J connectivity index is 2.30. The predicted molar refractivity (Wildman–Crippen MR) is 76.3 cm³/mol. The van der Waals surface area contributed by atoms with Crippen LogP contribution in [-0.2, 0) is 0 Å². The number of benzene rings is 2. The molecule has 0 saturated carbocycles. The largest absolute Gasteiger partial charge is 0.323 e. The summed E-state index contributed by atoms with van der Waals surface area (Å²) in [4.78, 5) is 12.0. The fourth-order valence-electron chi connectivity index (χ4n) is 1.61. The van der Waals surface area contributed by atoms with Crippen LogP contribution < -0.4 is 16.6 Å². The van der Waals surface area contributed by atoms with E-state index in [1.807, 2.05) is 0 Å². The average Bonchev–Trinajstić information content (AvgIpc) is 2.44. The van der Waals surface area contributed by atoms with Crippen molar-refractivity contribution in [2.75, 3.05) is 10.7 Å². The van der Waals surface area contributed by atoms with E-state index in [1.54, 1.807) is 18.2 Å². The number of carbonyl (C=O) groups excluding carboxylic acids is 1. The van der Waals surface area contributed by atoms with Crippen molar-refractivity contribution in [3.63, 3.8) is 0 Å². The Bertz CT molecular complexity index is 664. The molecule has 0 fully saturated rings. The molecular weight excluding hydrogens is 332 g/mol. The van der Waals surface area contributed by atoms with Crippen molar-refractivity contribution < 1.29 is 13.6 Å². The van der Waals surface area contributed by atoms with Crippen molar-refractivity contribution in [2.24, 2.45) is 5.84 Å². The molecule has 0 spiro atoms. The molecule has 2 aromatic carbocycles. The fourth-order valence-corrected chi connectivity index (χ4v) is 1.93. The molecule has 2 rings (SSSR count). The maximum atomic E-state index is 13.6. The Kier molecular flexibility index (Phi) is 4.31. The molecule has 7 heteroatoms. The molecule has 4 nitrogen and oxygen atoms in total. The van der Waals surface area contributed by atoms with Crippen LogP contribution in [-0.4, -0.2) is 5.91 Å². The van der Waals surface area contributed by atoms with Gasteiger partial charge in [-0.05, 0) is 34.1 Å². The zero-order valence-corrected chi connectivity index (χ0v) is 11.7. The first-order valence-corrected chi connectivity index (χ1v) is 6.33. The number of nitrogen functional groups attached to an aromatic ring is 1. The van der Waals surface area contributed by atoms with E-state index in [2.05, 4.69) is 26.7 Å². The average molecular weight is 342 g/mol. The normalized spacial score (nSPS) is 10.2. The Hall–Kier alpha value is -1.99. The smallest absolute Gasteiger partial charge is 0.257 e. The van der Waals surface area contributed by atoms with Gasteiger partial charge in [0.05, 0.1) is 21.4 Å². The molecule has 0 aliphatic carbocycles. The summed E-state index contributed by atoms with van der Waals surface area (Å²) >= 11 is 2.86. The number of nitrogens with one attached hydrogen (secondary N) is 2. The first kappa shape index (κ1) is 14.4. The molecule has 0 unspecified atom stereocenters. The Morgan fingerprint density at radius 1 is 1.10 bits per heavy atom. The van der Waals surface area contributed by atoms with Gasteiger partial charge in [-0.15, -0.1) is 0 Å². The second kappa shape index (κ2) is 5.98. The van der Waals surface area contributed by atoms with Crippen molar-refractivity contribution in [3.8, 4) is 0 Å². The maximum Gasteiger partial charge on any atom is 0.257 e. The summed E-state index contributed by atoms with van der Waals surface area (Å²) in [7, 11) is 0. The molecule has 0 atom stereocenters. The molecule has 0 aliphatic heterocycles. The molecule has 0 aliphatic rings. The van der Waals surface area contributed by atoms with Crippen molar-refractivity contribution in [1.82, 2.24) is 0 Å². The highest BCUT2D eigenvalue weighted by molar-refractivity contribution is 9.10. The molecule has 2 aromatic rings. The first-order chi connectivity index (χ1) is 9.52. The third kappa shape index (κ3) is 2.94. The number of anilines is 2. The lowest BCUT2D eigenvalue weighted by Gasteiger charge is -2.10. The van der Waals surface area contributed by atoms with Crippen molar-refractivity contribution in [1.29, 1.82) is 0 Å². The standard InChI is InChI=1S/C13H10BrF2N3O/c14-8-5-10(16)12(6-9(8)15)18-13(20)7-3-1-2-4-11(7)19-17/h1-6,19H,17H2,(H,18,20). The van der Waals surface area contributed by atoms with E-state index < -0.39 is 17.5 Å². The lowest BCUT2D eigenvalue weighted by Crippen LogP contribution is -2.17. The van der Waals surface area contributed by atoms with Gasteiger partial charge in [0.25, 0.3) is 5.91 Å². The van der Waals surface area contributed by atoms with Gasteiger partial charge in [-0.1, -0.05) is 12.1 Å². The molecule has 4 N–H and O–H groups in total. The lowest BCUT2D eigenvalue weighted by molar-refractivity contribution is 0.102. The number of hydrogen-bond donors (Lipinski definition) is 3. The lowest BCUT2D eigenvalue weighted by atomic mass is 10.1. The molecule has 104 valence electrons. The second-order valence-corrected chi connectivity index (χ2v) is 4.74. The fraction of sp³-hybridized carbons (Fsp3) is 0. The number of hydrogen-bond acceptors (Lipinski definition) is 3. The van der Waals surface area contributed by atoms with E-state index in [-0.39, 0.29) is 15.7 Å². The van der Waals surface area contributed by atoms with E-state index in [4.69, 9.17) is 5.84 Å². The third-order valence-electron chi connectivity index (χ3n) is 2.59. The zero-order valence-electron chi connectivity index (χ0n) is 10.1. The molecule has 0 aromatic heterocycles. The van der Waals surface area contributed by atoms with Gasteiger partial charge in [0.15, 0.2) is 0 Å². The monoisotopic (exact) mass is 341 g/mol. The van der Waals surface area contributed by atoms with Crippen LogP contribution in [0.1, 0.15) is 10.4 Å². The SMILES string of the molecule is NNc1ccccc1C(=O)Nc1cc(F)c(Br)cc1F. The Labute approximate surface area is 122 Å². The van der Waals surface area contributed by atoms with Crippen molar-refractivity contribution >= 4 is 33.2 Å². The molecule has 0 saturated heterocycles. The highest BCUT2D eigenvalue weighted by Crippen LogP contribution is 2.24. The summed E-state index contributed by atoms with van der Waals surface area (Å²) < 4.78 is 27.0. The maximum absolute atomic E-state index is 13.6. The van der Waals surface area contributed by atoms with Gasteiger partial charge < -0.3 is 10.7 Å². The van der Waals surface area contributed by atoms with Crippen LogP contribution in [0.2, 0.25) is 0 Å². The van der Waals surface area contributed by atoms with Gasteiger partial charge >= 0.3 is 0 Å². The van der Waals surface area contributed by atoms with E-state index in [1.165, 1.54) is 6.07 Å². The topological polar surface area (TPSA) is 67.1 Å². The van der Waals surface area contributed by atoms with E-state index in [0.717, 1.165) is 12.1 Å². The van der Waals surface area contributed by atoms with Crippen molar-refractivity contribution in [2.45, 2.75) is 0 Å². The quantitative estimate of drug-likeness (QED) is 0.456. The number of halogens is 3. The number of nitrogens with two attached hydrogens (primary N) is 1. The number of carbonyl (C=O) groups is 1. The minimum Gasteiger partial charge on any atom is -0.323 e. The summed E-state index contributed by atoms with van der Waals surface area (Å²) in [5.41, 5.74) is 2.71. The molecule has 1 amide bonds. The molecular formula is C13H10BrF2N3O. The summed E-state index contributed by atoms with van der Waals surface area (Å²) in [6.07, 6.45) is 0. The highest BCUT2D eigenvalue weighted by atomic mass is 79.9. The Morgan fingerprint density at radius 3 is 2.50 bits per heavy atom.